The van der Waals surface area contributed by atoms with Crippen LogP contribution in [0.1, 0.15) is 18.0 Å². The number of nitrogens with one attached hydrogen (secondary N) is 1. The van der Waals surface area contributed by atoms with Crippen molar-refractivity contribution in [1.82, 2.24) is 10.2 Å². The Bertz CT molecular complexity index is 739. The summed E-state index contributed by atoms with van der Waals surface area (Å²) in [6.07, 6.45) is 0.654. The Morgan fingerprint density at radius 2 is 1.81 bits per heavy atom. The lowest BCUT2D eigenvalue weighted by atomic mass is 10.0. The zero-order chi connectivity index (χ0) is 19.1. The molecule has 4 nitrogen and oxygen atoms in total. The third-order valence-corrected chi connectivity index (χ3v) is 4.02. The minimum Gasteiger partial charge on any atom is -0.482 e. The SMILES string of the molecule is CN(C)CCC(NC(=O)COc1ccc(F)cc1Cl)c1ccc(F)cc1. The average Bonchev–Trinajstić information content (AvgIpc) is 2.58. The van der Waals surface area contributed by atoms with Crippen molar-refractivity contribution in [2.75, 3.05) is 27.2 Å². The van der Waals surface area contributed by atoms with Crippen LogP contribution < -0.4 is 10.1 Å². The lowest BCUT2D eigenvalue weighted by Crippen LogP contribution is -2.34. The van der Waals surface area contributed by atoms with E-state index in [1.807, 2.05) is 19.0 Å². The molecule has 0 aliphatic rings. The van der Waals surface area contributed by atoms with Crippen LogP contribution in [0.3, 0.4) is 0 Å². The van der Waals surface area contributed by atoms with E-state index in [1.165, 1.54) is 24.3 Å². The molecule has 7 heteroatoms. The van der Waals surface area contributed by atoms with Gasteiger partial charge < -0.3 is 15.0 Å². The molecule has 0 spiro atoms. The number of hydrogen-bond acceptors (Lipinski definition) is 3. The zero-order valence-electron chi connectivity index (χ0n) is 14.6. The highest BCUT2D eigenvalue weighted by molar-refractivity contribution is 6.32. The van der Waals surface area contributed by atoms with Crippen LogP contribution in [0, 0.1) is 11.6 Å². The number of hydrogen-bond donors (Lipinski definition) is 1. The van der Waals surface area contributed by atoms with Gasteiger partial charge in [-0.25, -0.2) is 8.78 Å². The first kappa shape index (κ1) is 20.1. The van der Waals surface area contributed by atoms with E-state index in [9.17, 15) is 13.6 Å². The van der Waals surface area contributed by atoms with E-state index in [0.717, 1.165) is 18.2 Å². The predicted molar refractivity (Wildman–Crippen MR) is 97.4 cm³/mol. The fourth-order valence-electron chi connectivity index (χ4n) is 2.38. The molecule has 1 atom stereocenters. The molecule has 0 bridgehead atoms. The molecule has 0 saturated carbocycles. The molecule has 0 fully saturated rings. The molecular weight excluding hydrogens is 362 g/mol. The van der Waals surface area contributed by atoms with Gasteiger partial charge in [-0.1, -0.05) is 23.7 Å². The van der Waals surface area contributed by atoms with Crippen molar-refractivity contribution >= 4 is 17.5 Å². The molecule has 140 valence electrons. The molecule has 0 radical (unpaired) electrons. The van der Waals surface area contributed by atoms with Gasteiger partial charge in [0.1, 0.15) is 17.4 Å². The van der Waals surface area contributed by atoms with Crippen LogP contribution in [-0.4, -0.2) is 38.1 Å². The van der Waals surface area contributed by atoms with E-state index in [4.69, 9.17) is 16.3 Å². The van der Waals surface area contributed by atoms with E-state index in [1.54, 1.807) is 12.1 Å². The third kappa shape index (κ3) is 6.28. The summed E-state index contributed by atoms with van der Waals surface area (Å²) >= 11 is 5.88. The highest BCUT2D eigenvalue weighted by atomic mass is 35.5. The number of ether oxygens (including phenoxy) is 1. The largest absolute Gasteiger partial charge is 0.482 e. The summed E-state index contributed by atoms with van der Waals surface area (Å²) in [6.45, 7) is 0.484. The molecule has 1 unspecified atom stereocenters. The maximum absolute atomic E-state index is 13.1. The molecule has 0 heterocycles. The van der Waals surface area contributed by atoms with Crippen LogP contribution in [-0.2, 0) is 4.79 Å². The van der Waals surface area contributed by atoms with Crippen LogP contribution in [0.15, 0.2) is 42.5 Å². The number of carbonyl (C=O) groups excluding carboxylic acids is 1. The van der Waals surface area contributed by atoms with Gasteiger partial charge in [-0.3, -0.25) is 4.79 Å². The summed E-state index contributed by atoms with van der Waals surface area (Å²) < 4.78 is 31.5. The minimum atomic E-state index is -0.480. The molecular formula is C19H21ClF2N2O2. The molecule has 1 N–H and O–H groups in total. The maximum atomic E-state index is 13.1. The summed E-state index contributed by atoms with van der Waals surface area (Å²) in [7, 11) is 3.87. The van der Waals surface area contributed by atoms with Crippen molar-refractivity contribution < 1.29 is 18.3 Å². The third-order valence-electron chi connectivity index (χ3n) is 3.73. The fraction of sp³-hybridized carbons (Fsp3) is 0.316. The standard InChI is InChI=1S/C19H21ClF2N2O2/c1-24(2)10-9-17(13-3-5-14(21)6-4-13)23-19(25)12-26-18-8-7-15(22)11-16(18)20/h3-8,11,17H,9-10,12H2,1-2H3,(H,23,25). The number of nitrogens with zero attached hydrogens (tertiary/aromatic N) is 1. The smallest absolute Gasteiger partial charge is 0.258 e. The van der Waals surface area contributed by atoms with Crippen molar-refractivity contribution in [3.8, 4) is 5.75 Å². The molecule has 0 aliphatic heterocycles. The Kier molecular flexibility index (Phi) is 7.36. The van der Waals surface area contributed by atoms with Gasteiger partial charge in [0.05, 0.1) is 11.1 Å². The Balaban J connectivity index is 1.99. The summed E-state index contributed by atoms with van der Waals surface area (Å²) in [4.78, 5) is 14.2. The van der Waals surface area contributed by atoms with Gasteiger partial charge in [-0.15, -0.1) is 0 Å². The monoisotopic (exact) mass is 382 g/mol. The first-order valence-corrected chi connectivity index (χ1v) is 8.50. The number of halogens is 3. The second kappa shape index (κ2) is 9.50. The Morgan fingerprint density at radius 1 is 1.15 bits per heavy atom. The Morgan fingerprint density at radius 3 is 2.42 bits per heavy atom. The van der Waals surface area contributed by atoms with E-state index in [0.29, 0.717) is 6.42 Å². The zero-order valence-corrected chi connectivity index (χ0v) is 15.4. The second-order valence-corrected chi connectivity index (χ2v) is 6.53. The summed E-state index contributed by atoms with van der Waals surface area (Å²) in [5.74, 6) is -0.930. The van der Waals surface area contributed by atoms with Crippen LogP contribution in [0.25, 0.3) is 0 Å². The van der Waals surface area contributed by atoms with E-state index in [2.05, 4.69) is 5.32 Å². The second-order valence-electron chi connectivity index (χ2n) is 6.13. The molecule has 0 aliphatic carbocycles. The summed E-state index contributed by atoms with van der Waals surface area (Å²) in [6, 6.07) is 9.43. The number of carbonyl (C=O) groups is 1. The summed E-state index contributed by atoms with van der Waals surface area (Å²) in [5, 5.41) is 2.98. The predicted octanol–water partition coefficient (Wildman–Crippen LogP) is 3.81. The average molecular weight is 383 g/mol. The van der Waals surface area contributed by atoms with E-state index >= 15 is 0 Å². The number of rotatable bonds is 8. The fourth-order valence-corrected chi connectivity index (χ4v) is 2.60. The van der Waals surface area contributed by atoms with E-state index in [-0.39, 0.29) is 35.1 Å². The molecule has 1 amide bonds. The van der Waals surface area contributed by atoms with Gasteiger partial charge in [0.2, 0.25) is 0 Å². The lowest BCUT2D eigenvalue weighted by Gasteiger charge is -2.21. The van der Waals surface area contributed by atoms with Crippen LogP contribution in [0.4, 0.5) is 8.78 Å². The van der Waals surface area contributed by atoms with Gasteiger partial charge in [0, 0.05) is 0 Å². The van der Waals surface area contributed by atoms with Crippen LogP contribution in [0.2, 0.25) is 5.02 Å². The lowest BCUT2D eigenvalue weighted by molar-refractivity contribution is -0.123. The van der Waals surface area contributed by atoms with Crippen molar-refractivity contribution in [3.63, 3.8) is 0 Å². The first-order valence-electron chi connectivity index (χ1n) is 8.12. The van der Waals surface area contributed by atoms with Gasteiger partial charge >= 0.3 is 0 Å². The normalized spacial score (nSPS) is 12.1. The van der Waals surface area contributed by atoms with Crippen LogP contribution in [0.5, 0.6) is 5.75 Å². The summed E-state index contributed by atoms with van der Waals surface area (Å²) in [5.41, 5.74) is 0.807. The molecule has 0 saturated heterocycles. The quantitative estimate of drug-likeness (QED) is 0.755. The molecule has 2 aromatic carbocycles. The van der Waals surface area contributed by atoms with E-state index < -0.39 is 5.82 Å². The first-order chi connectivity index (χ1) is 12.3. The van der Waals surface area contributed by atoms with Gasteiger partial charge in [-0.05, 0) is 63.0 Å². The van der Waals surface area contributed by atoms with Crippen molar-refractivity contribution in [1.29, 1.82) is 0 Å². The highest BCUT2D eigenvalue weighted by Gasteiger charge is 2.16. The molecule has 0 aromatic heterocycles. The molecule has 26 heavy (non-hydrogen) atoms. The Hall–Kier alpha value is -2.18. The number of benzene rings is 2. The van der Waals surface area contributed by atoms with Gasteiger partial charge in [-0.2, -0.15) is 0 Å². The maximum Gasteiger partial charge on any atom is 0.258 e. The molecule has 2 rings (SSSR count). The highest BCUT2D eigenvalue weighted by Crippen LogP contribution is 2.25. The Labute approximate surface area is 156 Å². The molecule has 2 aromatic rings. The van der Waals surface area contributed by atoms with Crippen molar-refractivity contribution in [2.45, 2.75) is 12.5 Å². The van der Waals surface area contributed by atoms with Crippen molar-refractivity contribution in [2.24, 2.45) is 0 Å². The van der Waals surface area contributed by atoms with Gasteiger partial charge in [0.25, 0.3) is 5.91 Å². The topological polar surface area (TPSA) is 41.6 Å². The minimum absolute atomic E-state index is 0.0977. The van der Waals surface area contributed by atoms with Gasteiger partial charge in [0.15, 0.2) is 6.61 Å². The van der Waals surface area contributed by atoms with Crippen LogP contribution >= 0.6 is 11.6 Å². The van der Waals surface area contributed by atoms with Crippen molar-refractivity contribution in [3.05, 3.63) is 64.7 Å². The number of amides is 1.